The third kappa shape index (κ3) is 17.0. The molecule has 2 nitrogen and oxygen atoms in total. The Labute approximate surface area is 432 Å². The smallest absolute Gasteiger partial charge is 0.0462 e. The number of anilines is 6. The highest BCUT2D eigenvalue weighted by Crippen LogP contribution is 2.37. The van der Waals surface area contributed by atoms with Gasteiger partial charge in [-0.3, -0.25) is 0 Å². The average molecular weight is 941 g/mol. The lowest BCUT2D eigenvalue weighted by molar-refractivity contribution is 0.866. The molecule has 0 aromatic heterocycles. The van der Waals surface area contributed by atoms with E-state index in [0.717, 1.165) is 17.1 Å². The molecule has 0 aliphatic rings. The molecular weight excluding hydrogens is 869 g/mol. The van der Waals surface area contributed by atoms with Crippen molar-refractivity contribution in [1.29, 1.82) is 0 Å². The van der Waals surface area contributed by atoms with Crippen molar-refractivity contribution in [3.63, 3.8) is 0 Å². The van der Waals surface area contributed by atoms with E-state index in [0.29, 0.717) is 11.8 Å². The normalized spacial score (nSPS) is 10.2. The molecule has 0 N–H and O–H groups in total. The van der Waals surface area contributed by atoms with Crippen LogP contribution in [0.4, 0.5) is 34.1 Å². The SMILES string of the molecule is CC(C)c1ccc(N(c2ccccc2)c2ccccc2)cc1.CC(C)c1ccccc1.Cc1ccc(-c2ccc(N(c3ccccc3)c3ccc(C)cc3)cc2)cc1.Cc1ccccc1.Cc1ccccc1. The van der Waals surface area contributed by atoms with E-state index in [9.17, 15) is 0 Å². The van der Waals surface area contributed by atoms with Crippen molar-refractivity contribution in [2.24, 2.45) is 0 Å². The van der Waals surface area contributed by atoms with Crippen LogP contribution in [0.25, 0.3) is 11.1 Å². The number of nitrogens with zero attached hydrogens (tertiary/aromatic N) is 2. The molecule has 0 radical (unpaired) electrons. The van der Waals surface area contributed by atoms with Gasteiger partial charge in [0.05, 0.1) is 0 Å². The number of para-hydroxylation sites is 3. The van der Waals surface area contributed by atoms with Gasteiger partial charge in [-0.2, -0.15) is 0 Å². The summed E-state index contributed by atoms with van der Waals surface area (Å²) in [4.78, 5) is 4.57. The Hall–Kier alpha value is -8.20. The largest absolute Gasteiger partial charge is 0.311 e. The van der Waals surface area contributed by atoms with Gasteiger partial charge in [-0.25, -0.2) is 0 Å². The molecule has 0 fully saturated rings. The Morgan fingerprint density at radius 1 is 0.208 bits per heavy atom. The third-order valence-corrected chi connectivity index (χ3v) is 12.0. The molecule has 0 heterocycles. The molecule has 0 aliphatic heterocycles. The Kier molecular flexibility index (Phi) is 21.0. The van der Waals surface area contributed by atoms with Crippen LogP contribution in [0.5, 0.6) is 0 Å². The van der Waals surface area contributed by atoms with Crippen LogP contribution in [0, 0.1) is 27.7 Å². The molecule has 0 spiro atoms. The Bertz CT molecular complexity index is 2890. The average Bonchev–Trinajstić information content (AvgIpc) is 3.42. The summed E-state index contributed by atoms with van der Waals surface area (Å²) < 4.78 is 0. The first-order valence-corrected chi connectivity index (χ1v) is 25.2. The maximum atomic E-state index is 2.29. The van der Waals surface area contributed by atoms with Crippen molar-refractivity contribution in [2.75, 3.05) is 9.80 Å². The summed E-state index contributed by atoms with van der Waals surface area (Å²) in [6.45, 7) is 17.3. The molecule has 0 atom stereocenters. The minimum atomic E-state index is 0.552. The van der Waals surface area contributed by atoms with E-state index in [4.69, 9.17) is 0 Å². The number of benzene rings is 10. The second kappa shape index (κ2) is 28.5. The first-order chi connectivity index (χ1) is 35.0. The zero-order chi connectivity index (χ0) is 50.9. The standard InChI is InChI=1S/C26H23N.C21H21N.C9H12.2C7H8/c1-20-8-12-22(13-9-20)23-14-18-26(19-15-23)27(24-6-4-3-5-7-24)25-16-10-21(2)11-17-25;1-17(2)18-13-15-21(16-14-18)22(19-9-5-3-6-10-19)20-11-7-4-8-12-20;1-8(2)9-6-4-3-5-7-9;2*1-7-5-3-2-4-6-7/h3-19H,1-2H3;3-17H,1-2H3;3-8H,1-2H3;2*2-6H,1H3. The predicted octanol–water partition coefficient (Wildman–Crippen LogP) is 20.5. The van der Waals surface area contributed by atoms with Crippen molar-refractivity contribution in [3.8, 4) is 11.1 Å². The predicted molar refractivity (Wildman–Crippen MR) is 314 cm³/mol. The van der Waals surface area contributed by atoms with Gasteiger partial charge in [0.2, 0.25) is 0 Å². The molecule has 10 aromatic carbocycles. The van der Waals surface area contributed by atoms with Crippen LogP contribution in [-0.4, -0.2) is 0 Å². The molecule has 0 amide bonds. The van der Waals surface area contributed by atoms with E-state index in [-0.39, 0.29) is 0 Å². The fourth-order valence-corrected chi connectivity index (χ4v) is 7.78. The molecule has 0 bridgehead atoms. The molecule has 2 heteroatoms. The summed E-state index contributed by atoms with van der Waals surface area (Å²) in [5, 5.41) is 0. The molecule has 72 heavy (non-hydrogen) atoms. The number of hydrogen-bond acceptors (Lipinski definition) is 2. The summed E-state index contributed by atoms with van der Waals surface area (Å²) in [6.07, 6.45) is 0. The van der Waals surface area contributed by atoms with Gasteiger partial charge in [0.15, 0.2) is 0 Å². The van der Waals surface area contributed by atoms with Crippen LogP contribution >= 0.6 is 0 Å². The van der Waals surface area contributed by atoms with Crippen LogP contribution in [0.3, 0.4) is 0 Å². The molecule has 0 saturated heterocycles. The van der Waals surface area contributed by atoms with Gasteiger partial charge in [0, 0.05) is 34.1 Å². The quantitative estimate of drug-likeness (QED) is 0.142. The highest BCUT2D eigenvalue weighted by molar-refractivity contribution is 5.79. The highest BCUT2D eigenvalue weighted by atomic mass is 15.1. The maximum Gasteiger partial charge on any atom is 0.0462 e. The van der Waals surface area contributed by atoms with Gasteiger partial charge in [-0.1, -0.05) is 256 Å². The zero-order valence-corrected chi connectivity index (χ0v) is 43.6. The second-order valence-corrected chi connectivity index (χ2v) is 18.5. The van der Waals surface area contributed by atoms with E-state index in [2.05, 4.69) is 302 Å². The lowest BCUT2D eigenvalue weighted by atomic mass is 10.0. The van der Waals surface area contributed by atoms with Crippen LogP contribution in [0.1, 0.15) is 72.9 Å². The Morgan fingerprint density at radius 3 is 0.694 bits per heavy atom. The first-order valence-electron chi connectivity index (χ1n) is 25.2. The molecule has 0 aliphatic carbocycles. The summed E-state index contributed by atoms with van der Waals surface area (Å²) in [7, 11) is 0. The minimum Gasteiger partial charge on any atom is -0.311 e. The van der Waals surface area contributed by atoms with Gasteiger partial charge in [-0.05, 0) is 135 Å². The first kappa shape index (κ1) is 53.2. The van der Waals surface area contributed by atoms with Crippen molar-refractivity contribution in [2.45, 2.75) is 67.2 Å². The van der Waals surface area contributed by atoms with Gasteiger partial charge in [0.25, 0.3) is 0 Å². The molecule has 362 valence electrons. The van der Waals surface area contributed by atoms with E-state index in [1.807, 2.05) is 42.5 Å². The van der Waals surface area contributed by atoms with Gasteiger partial charge < -0.3 is 9.80 Å². The van der Waals surface area contributed by atoms with E-state index in [1.165, 1.54) is 61.6 Å². The summed E-state index contributed by atoms with van der Waals surface area (Å²) in [5.74, 6) is 1.21. The van der Waals surface area contributed by atoms with Crippen LogP contribution in [-0.2, 0) is 0 Å². The fourth-order valence-electron chi connectivity index (χ4n) is 7.78. The topological polar surface area (TPSA) is 6.48 Å². The van der Waals surface area contributed by atoms with Gasteiger partial charge in [-0.15, -0.1) is 0 Å². The molecule has 10 aromatic rings. The van der Waals surface area contributed by atoms with E-state index in [1.54, 1.807) is 0 Å². The van der Waals surface area contributed by atoms with Crippen LogP contribution in [0.2, 0.25) is 0 Å². The van der Waals surface area contributed by atoms with Gasteiger partial charge in [0.1, 0.15) is 0 Å². The van der Waals surface area contributed by atoms with Crippen LogP contribution in [0.15, 0.2) is 279 Å². The summed E-state index contributed by atoms with van der Waals surface area (Å²) in [6, 6.07) is 97.5. The van der Waals surface area contributed by atoms with Gasteiger partial charge >= 0.3 is 0 Å². The van der Waals surface area contributed by atoms with Crippen molar-refractivity contribution < 1.29 is 0 Å². The van der Waals surface area contributed by atoms with Crippen molar-refractivity contribution in [1.82, 2.24) is 0 Å². The van der Waals surface area contributed by atoms with E-state index >= 15 is 0 Å². The minimum absolute atomic E-state index is 0.552. The Balaban J connectivity index is 0.000000166. The van der Waals surface area contributed by atoms with Crippen molar-refractivity contribution >= 4 is 34.1 Å². The third-order valence-electron chi connectivity index (χ3n) is 12.0. The van der Waals surface area contributed by atoms with Crippen LogP contribution < -0.4 is 9.80 Å². The number of rotatable bonds is 9. The van der Waals surface area contributed by atoms with Crippen molar-refractivity contribution in [3.05, 3.63) is 312 Å². The molecule has 0 unspecified atom stereocenters. The number of hydrogen-bond donors (Lipinski definition) is 0. The summed E-state index contributed by atoms with van der Waals surface area (Å²) >= 11 is 0. The highest BCUT2D eigenvalue weighted by Gasteiger charge is 2.13. The fraction of sp³-hybridized carbons (Fsp3) is 0.143. The molecule has 10 rings (SSSR count). The maximum absolute atomic E-state index is 2.29. The monoisotopic (exact) mass is 941 g/mol. The number of aryl methyl sites for hydroxylation is 4. The summed E-state index contributed by atoms with van der Waals surface area (Å²) in [5.41, 5.74) is 17.4. The lowest BCUT2D eigenvalue weighted by Crippen LogP contribution is -2.09. The second-order valence-electron chi connectivity index (χ2n) is 18.5. The molecule has 0 saturated carbocycles. The lowest BCUT2D eigenvalue weighted by Gasteiger charge is -2.25. The zero-order valence-electron chi connectivity index (χ0n) is 43.6. The Morgan fingerprint density at radius 2 is 0.417 bits per heavy atom. The molecular formula is C70H72N2. The van der Waals surface area contributed by atoms with E-state index < -0.39 is 0 Å².